The molecule has 11 heavy (non-hydrogen) atoms. The van der Waals surface area contributed by atoms with E-state index < -0.39 is 18.2 Å². The first-order valence-electron chi connectivity index (χ1n) is 2.37. The monoisotopic (exact) mass is 165 g/mol. The smallest absolute Gasteiger partial charge is 0.351 e. The van der Waals surface area contributed by atoms with Crippen LogP contribution in [0.15, 0.2) is 0 Å². The first-order chi connectivity index (χ1) is 4.81. The van der Waals surface area contributed by atoms with Gasteiger partial charge in [-0.05, 0) is 0 Å². The van der Waals surface area contributed by atoms with Crippen LogP contribution < -0.4 is 16.4 Å². The van der Waals surface area contributed by atoms with Crippen molar-refractivity contribution in [1.29, 1.82) is 0 Å². The number of imide groups is 1. The normalized spacial score (nSPS) is 10.5. The number of aliphatic hydroxyl groups is 3. The van der Waals surface area contributed by atoms with Crippen molar-refractivity contribution in [3.05, 3.63) is 0 Å². The molecule has 0 heterocycles. The number of amides is 4. The van der Waals surface area contributed by atoms with Gasteiger partial charge in [-0.1, -0.05) is 0 Å². The second-order valence-corrected chi connectivity index (χ2v) is 1.58. The second kappa shape index (κ2) is 3.14. The number of hydrogen-bond acceptors (Lipinski definition) is 5. The average molecular weight is 165 g/mol. The van der Waals surface area contributed by atoms with Gasteiger partial charge in [-0.15, -0.1) is 0 Å². The van der Waals surface area contributed by atoms with E-state index in [-0.39, 0.29) is 0 Å². The minimum atomic E-state index is -3.36. The summed E-state index contributed by atoms with van der Waals surface area (Å²) in [6.07, 6.45) is -3.36. The Morgan fingerprint density at radius 1 is 1.27 bits per heavy atom. The van der Waals surface area contributed by atoms with Crippen molar-refractivity contribution >= 4 is 12.1 Å². The van der Waals surface area contributed by atoms with E-state index in [4.69, 9.17) is 15.3 Å². The number of nitrogens with one attached hydrogen (secondary N) is 2. The molecule has 8 heteroatoms. The van der Waals surface area contributed by atoms with Crippen LogP contribution in [-0.2, 0) is 0 Å². The molecule has 4 amide bonds. The molecular formula is C3H7N3O5. The largest absolute Gasteiger partial charge is 0.370 e. The highest BCUT2D eigenvalue weighted by molar-refractivity contribution is 5.92. The maximum atomic E-state index is 10.3. The van der Waals surface area contributed by atoms with Crippen LogP contribution >= 0.6 is 0 Å². The zero-order valence-corrected chi connectivity index (χ0v) is 5.24. The zero-order chi connectivity index (χ0) is 9.07. The molecule has 0 atom stereocenters. The Hall–Kier alpha value is -1.38. The van der Waals surface area contributed by atoms with Gasteiger partial charge in [0.2, 0.25) is 0 Å². The molecule has 0 aliphatic heterocycles. The number of urea groups is 2. The van der Waals surface area contributed by atoms with Crippen molar-refractivity contribution in [3.63, 3.8) is 0 Å². The molecule has 0 fully saturated rings. The highest BCUT2D eigenvalue weighted by Gasteiger charge is 2.21. The van der Waals surface area contributed by atoms with Gasteiger partial charge in [0.05, 0.1) is 0 Å². The molecule has 64 valence electrons. The quantitative estimate of drug-likeness (QED) is 0.229. The molecule has 0 rings (SSSR count). The molecule has 0 radical (unpaired) electrons. The molecule has 0 aliphatic rings. The Morgan fingerprint density at radius 3 is 2.00 bits per heavy atom. The van der Waals surface area contributed by atoms with Crippen LogP contribution in [0, 0.1) is 0 Å². The van der Waals surface area contributed by atoms with E-state index in [1.54, 1.807) is 0 Å². The maximum Gasteiger partial charge on any atom is 0.370 e. The molecule has 0 spiro atoms. The van der Waals surface area contributed by atoms with E-state index in [1.807, 2.05) is 0 Å². The van der Waals surface area contributed by atoms with Gasteiger partial charge >= 0.3 is 18.2 Å². The Labute approximate surface area is 60.6 Å². The summed E-state index contributed by atoms with van der Waals surface area (Å²) in [6.45, 7) is 0. The first kappa shape index (κ1) is 9.62. The van der Waals surface area contributed by atoms with Crippen molar-refractivity contribution in [3.8, 4) is 0 Å². The predicted octanol–water partition coefficient (Wildman–Crippen LogP) is -3.05. The lowest BCUT2D eigenvalue weighted by Crippen LogP contribution is -2.54. The fourth-order valence-electron chi connectivity index (χ4n) is 0.295. The second-order valence-electron chi connectivity index (χ2n) is 1.58. The summed E-state index contributed by atoms with van der Waals surface area (Å²) < 4.78 is 0. The molecule has 7 N–H and O–H groups in total. The third-order valence-corrected chi connectivity index (χ3v) is 0.518. The summed E-state index contributed by atoms with van der Waals surface area (Å²) in [5, 5.41) is 26.8. The number of nitrogens with two attached hydrogens (primary N) is 1. The van der Waals surface area contributed by atoms with E-state index in [1.165, 1.54) is 10.6 Å². The van der Waals surface area contributed by atoms with Crippen molar-refractivity contribution in [1.82, 2.24) is 10.6 Å². The minimum absolute atomic E-state index is 1.17. The molecule has 0 aromatic heterocycles. The first-order valence-corrected chi connectivity index (χ1v) is 2.37. The molecule has 0 aromatic carbocycles. The van der Waals surface area contributed by atoms with Crippen LogP contribution in [0.2, 0.25) is 0 Å². The SMILES string of the molecule is NC(=O)NC(=O)NC(O)(O)O. The fraction of sp³-hybridized carbons (Fsp3) is 0.333. The van der Waals surface area contributed by atoms with E-state index in [2.05, 4.69) is 5.73 Å². The molecule has 0 saturated heterocycles. The molecule has 0 saturated carbocycles. The van der Waals surface area contributed by atoms with Crippen LogP contribution in [0.4, 0.5) is 9.59 Å². The van der Waals surface area contributed by atoms with Crippen LogP contribution in [0.1, 0.15) is 0 Å². The maximum absolute atomic E-state index is 10.3. The predicted molar refractivity (Wildman–Crippen MR) is 30.6 cm³/mol. The van der Waals surface area contributed by atoms with Crippen molar-refractivity contribution in [2.24, 2.45) is 5.73 Å². The highest BCUT2D eigenvalue weighted by Crippen LogP contribution is 1.82. The number of carbonyl (C=O) groups excluding carboxylic acids is 2. The molecular weight excluding hydrogens is 158 g/mol. The van der Waals surface area contributed by atoms with Crippen LogP contribution in [0.3, 0.4) is 0 Å². The number of hydrogen-bond donors (Lipinski definition) is 6. The van der Waals surface area contributed by atoms with Crippen LogP contribution in [0.5, 0.6) is 0 Å². The Morgan fingerprint density at radius 2 is 1.73 bits per heavy atom. The van der Waals surface area contributed by atoms with Gasteiger partial charge in [-0.2, -0.15) is 0 Å². The Bertz CT molecular complexity index is 172. The van der Waals surface area contributed by atoms with E-state index in [0.717, 1.165) is 0 Å². The van der Waals surface area contributed by atoms with Gasteiger partial charge in [-0.25, -0.2) is 9.59 Å². The summed E-state index contributed by atoms with van der Waals surface area (Å²) >= 11 is 0. The summed E-state index contributed by atoms with van der Waals surface area (Å²) in [7, 11) is 0. The van der Waals surface area contributed by atoms with Gasteiger partial charge in [0, 0.05) is 0 Å². The molecule has 0 aromatic rings. The summed E-state index contributed by atoms with van der Waals surface area (Å²) in [6, 6.07) is -2.52. The standard InChI is InChI=1S/C3H7N3O5/c4-1(7)5-2(8)6-3(9,10)11/h9-11H,(H4,4,5,6,7,8). The molecule has 0 aliphatic carbocycles. The van der Waals surface area contributed by atoms with Gasteiger partial charge in [0.25, 0.3) is 0 Å². The van der Waals surface area contributed by atoms with Crippen LogP contribution in [-0.4, -0.2) is 33.5 Å². The van der Waals surface area contributed by atoms with Crippen molar-refractivity contribution < 1.29 is 24.9 Å². The average Bonchev–Trinajstić information content (AvgIpc) is 1.53. The third kappa shape index (κ3) is 6.51. The van der Waals surface area contributed by atoms with Crippen LogP contribution in [0.25, 0.3) is 0 Å². The van der Waals surface area contributed by atoms with Crippen molar-refractivity contribution in [2.45, 2.75) is 6.10 Å². The van der Waals surface area contributed by atoms with E-state index in [0.29, 0.717) is 0 Å². The van der Waals surface area contributed by atoms with Gasteiger partial charge < -0.3 is 21.1 Å². The Balaban J connectivity index is 3.80. The summed E-state index contributed by atoms with van der Waals surface area (Å²) in [4.78, 5) is 20.2. The van der Waals surface area contributed by atoms with E-state index in [9.17, 15) is 9.59 Å². The lowest BCUT2D eigenvalue weighted by atomic mass is 10.8. The number of rotatable bonds is 1. The topological polar surface area (TPSA) is 145 Å². The summed E-state index contributed by atoms with van der Waals surface area (Å²) in [5.74, 6) is 0. The summed E-state index contributed by atoms with van der Waals surface area (Å²) in [5.41, 5.74) is 4.46. The molecule has 0 unspecified atom stereocenters. The number of carbonyl (C=O) groups is 2. The Kier molecular flexibility index (Phi) is 2.75. The highest BCUT2D eigenvalue weighted by atomic mass is 16.7. The zero-order valence-electron chi connectivity index (χ0n) is 5.24. The van der Waals surface area contributed by atoms with Gasteiger partial charge in [-0.3, -0.25) is 10.6 Å². The lowest BCUT2D eigenvalue weighted by Gasteiger charge is -2.14. The minimum Gasteiger partial charge on any atom is -0.351 e. The fourth-order valence-corrected chi connectivity index (χ4v) is 0.295. The third-order valence-electron chi connectivity index (χ3n) is 0.518. The van der Waals surface area contributed by atoms with E-state index >= 15 is 0 Å². The van der Waals surface area contributed by atoms with Gasteiger partial charge in [0.15, 0.2) is 0 Å². The molecule has 0 bridgehead atoms. The number of primary amides is 1. The van der Waals surface area contributed by atoms with Gasteiger partial charge in [0.1, 0.15) is 0 Å². The lowest BCUT2D eigenvalue weighted by molar-refractivity contribution is -0.322. The molecule has 8 nitrogen and oxygen atoms in total. The van der Waals surface area contributed by atoms with Crippen molar-refractivity contribution in [2.75, 3.05) is 0 Å².